The summed E-state index contributed by atoms with van der Waals surface area (Å²) < 4.78 is 0.903. The fourth-order valence-corrected chi connectivity index (χ4v) is 1.17. The van der Waals surface area contributed by atoms with Gasteiger partial charge in [0.05, 0.1) is 4.47 Å². The van der Waals surface area contributed by atoms with E-state index >= 15 is 0 Å². The smallest absolute Gasteiger partial charge is 0.156 e. The molecule has 0 aliphatic heterocycles. The zero-order chi connectivity index (χ0) is 7.56. The molecule has 0 atom stereocenters. The highest BCUT2D eigenvalue weighted by molar-refractivity contribution is 9.10. The summed E-state index contributed by atoms with van der Waals surface area (Å²) in [5.41, 5.74) is 0. The number of nitrogens with zero attached hydrogens (tertiary/aromatic N) is 2. The number of hydrogen-bond donors (Lipinski definition) is 1. The second-order valence-corrected chi connectivity index (χ2v) is 2.77. The van der Waals surface area contributed by atoms with Crippen molar-refractivity contribution in [1.29, 1.82) is 0 Å². The summed E-state index contributed by atoms with van der Waals surface area (Å²) in [6.07, 6.45) is 1.70. The van der Waals surface area contributed by atoms with E-state index in [9.17, 15) is 0 Å². The Labute approximate surface area is 68.0 Å². The molecular formula is C6H8BrN3. The van der Waals surface area contributed by atoms with Gasteiger partial charge in [-0.1, -0.05) is 0 Å². The van der Waals surface area contributed by atoms with E-state index < -0.39 is 0 Å². The number of rotatable bonds is 1. The van der Waals surface area contributed by atoms with E-state index in [4.69, 9.17) is 5.84 Å². The molecular weight excluding hydrogens is 194 g/mol. The summed E-state index contributed by atoms with van der Waals surface area (Å²) in [5, 5.41) is 1.46. The third kappa shape index (κ3) is 1.46. The zero-order valence-electron chi connectivity index (χ0n) is 5.58. The van der Waals surface area contributed by atoms with Gasteiger partial charge in [0, 0.05) is 13.2 Å². The van der Waals surface area contributed by atoms with Crippen molar-refractivity contribution in [3.8, 4) is 0 Å². The molecule has 0 saturated carbocycles. The number of anilines is 1. The molecule has 0 amide bonds. The van der Waals surface area contributed by atoms with Crippen molar-refractivity contribution in [2.45, 2.75) is 0 Å². The van der Waals surface area contributed by atoms with Crippen molar-refractivity contribution in [3.63, 3.8) is 0 Å². The van der Waals surface area contributed by atoms with E-state index in [0.29, 0.717) is 0 Å². The molecule has 0 aliphatic carbocycles. The average Bonchev–Trinajstić information content (AvgIpc) is 1.88. The van der Waals surface area contributed by atoms with Crippen molar-refractivity contribution in [1.82, 2.24) is 4.98 Å². The van der Waals surface area contributed by atoms with E-state index in [2.05, 4.69) is 20.9 Å². The number of halogens is 1. The molecule has 2 N–H and O–H groups in total. The van der Waals surface area contributed by atoms with Crippen LogP contribution in [0.25, 0.3) is 0 Å². The molecule has 0 aliphatic rings. The lowest BCUT2D eigenvalue weighted by atomic mass is 10.5. The molecule has 4 heteroatoms. The number of pyridine rings is 1. The fourth-order valence-electron chi connectivity index (χ4n) is 0.637. The molecule has 0 aromatic carbocycles. The third-order valence-electron chi connectivity index (χ3n) is 1.07. The molecule has 3 nitrogen and oxygen atoms in total. The molecule has 0 unspecified atom stereocenters. The first-order valence-electron chi connectivity index (χ1n) is 2.81. The molecule has 1 aromatic heterocycles. The Balaban J connectivity index is 3.03. The van der Waals surface area contributed by atoms with Gasteiger partial charge in [-0.05, 0) is 28.1 Å². The molecule has 0 radical (unpaired) electrons. The number of aromatic nitrogens is 1. The topological polar surface area (TPSA) is 42.1 Å². The van der Waals surface area contributed by atoms with Gasteiger partial charge in [-0.3, -0.25) is 5.01 Å². The Morgan fingerprint density at radius 1 is 1.70 bits per heavy atom. The molecule has 0 spiro atoms. The second kappa shape index (κ2) is 2.98. The number of hydrogen-bond acceptors (Lipinski definition) is 3. The van der Waals surface area contributed by atoms with Gasteiger partial charge in [0.2, 0.25) is 0 Å². The first-order valence-corrected chi connectivity index (χ1v) is 3.60. The predicted octanol–water partition coefficient (Wildman–Crippen LogP) is 1.15. The molecule has 1 heterocycles. The van der Waals surface area contributed by atoms with Gasteiger partial charge in [-0.2, -0.15) is 0 Å². The Morgan fingerprint density at radius 2 is 2.40 bits per heavy atom. The maximum Gasteiger partial charge on any atom is 0.156 e. The monoisotopic (exact) mass is 201 g/mol. The van der Waals surface area contributed by atoms with Gasteiger partial charge >= 0.3 is 0 Å². The number of hydrazine groups is 1. The predicted molar refractivity (Wildman–Crippen MR) is 44.5 cm³/mol. The summed E-state index contributed by atoms with van der Waals surface area (Å²) in [6, 6.07) is 3.74. The van der Waals surface area contributed by atoms with E-state index in [1.165, 1.54) is 5.01 Å². The third-order valence-corrected chi connectivity index (χ3v) is 1.69. The molecule has 1 rings (SSSR count). The van der Waals surface area contributed by atoms with Crippen LogP contribution in [-0.4, -0.2) is 12.0 Å². The van der Waals surface area contributed by atoms with Gasteiger partial charge < -0.3 is 0 Å². The lowest BCUT2D eigenvalue weighted by molar-refractivity contribution is 0.971. The Kier molecular flexibility index (Phi) is 2.24. The molecule has 0 fully saturated rings. The summed E-state index contributed by atoms with van der Waals surface area (Å²) in [6.45, 7) is 0. The highest BCUT2D eigenvalue weighted by Gasteiger charge is 1.99. The summed E-state index contributed by atoms with van der Waals surface area (Å²) in [4.78, 5) is 4.03. The fraction of sp³-hybridized carbons (Fsp3) is 0.167. The van der Waals surface area contributed by atoms with E-state index in [-0.39, 0.29) is 0 Å². The summed E-state index contributed by atoms with van der Waals surface area (Å²) >= 11 is 3.31. The van der Waals surface area contributed by atoms with Crippen LogP contribution in [0.4, 0.5) is 5.82 Å². The van der Waals surface area contributed by atoms with Crippen molar-refractivity contribution in [2.24, 2.45) is 5.84 Å². The SMILES string of the molecule is CN(N)c1ncccc1Br. The van der Waals surface area contributed by atoms with Crippen LogP contribution in [-0.2, 0) is 0 Å². The highest BCUT2D eigenvalue weighted by Crippen LogP contribution is 2.19. The Hall–Kier alpha value is -0.610. The standard InChI is InChI=1S/C6H8BrN3/c1-10(8)6-5(7)3-2-4-9-6/h2-4H,8H2,1H3. The Morgan fingerprint density at radius 3 is 2.80 bits per heavy atom. The van der Waals surface area contributed by atoms with Gasteiger partial charge in [0.25, 0.3) is 0 Å². The molecule has 0 saturated heterocycles. The van der Waals surface area contributed by atoms with Crippen molar-refractivity contribution in [2.75, 3.05) is 12.1 Å². The molecule has 1 aromatic rings. The van der Waals surface area contributed by atoms with Crippen molar-refractivity contribution in [3.05, 3.63) is 22.8 Å². The van der Waals surface area contributed by atoms with Crippen LogP contribution in [0.2, 0.25) is 0 Å². The van der Waals surface area contributed by atoms with Crippen LogP contribution >= 0.6 is 15.9 Å². The van der Waals surface area contributed by atoms with Crippen LogP contribution < -0.4 is 10.9 Å². The minimum atomic E-state index is 0.738. The summed E-state index contributed by atoms with van der Waals surface area (Å²) in [7, 11) is 1.74. The van der Waals surface area contributed by atoms with E-state index in [1.807, 2.05) is 12.1 Å². The maximum absolute atomic E-state index is 5.46. The Bertz CT molecular complexity index is 224. The minimum Gasteiger partial charge on any atom is -0.297 e. The number of nitrogens with two attached hydrogens (primary N) is 1. The highest BCUT2D eigenvalue weighted by atomic mass is 79.9. The summed E-state index contributed by atoms with van der Waals surface area (Å²) in [5.74, 6) is 6.19. The van der Waals surface area contributed by atoms with Crippen LogP contribution in [0.1, 0.15) is 0 Å². The first-order chi connectivity index (χ1) is 4.72. The van der Waals surface area contributed by atoms with Crippen molar-refractivity contribution < 1.29 is 0 Å². The minimum absolute atomic E-state index is 0.738. The van der Waals surface area contributed by atoms with E-state index in [0.717, 1.165) is 10.3 Å². The van der Waals surface area contributed by atoms with Crippen LogP contribution in [0, 0.1) is 0 Å². The van der Waals surface area contributed by atoms with Crippen LogP contribution in [0.3, 0.4) is 0 Å². The van der Waals surface area contributed by atoms with Gasteiger partial charge in [-0.25, -0.2) is 10.8 Å². The second-order valence-electron chi connectivity index (χ2n) is 1.92. The van der Waals surface area contributed by atoms with Gasteiger partial charge in [0.15, 0.2) is 5.82 Å². The van der Waals surface area contributed by atoms with E-state index in [1.54, 1.807) is 13.2 Å². The first kappa shape index (κ1) is 7.50. The maximum atomic E-state index is 5.46. The van der Waals surface area contributed by atoms with Gasteiger partial charge in [-0.15, -0.1) is 0 Å². The largest absolute Gasteiger partial charge is 0.297 e. The van der Waals surface area contributed by atoms with Crippen LogP contribution in [0.15, 0.2) is 22.8 Å². The average molecular weight is 202 g/mol. The lowest BCUT2D eigenvalue weighted by Gasteiger charge is -2.11. The molecule has 10 heavy (non-hydrogen) atoms. The van der Waals surface area contributed by atoms with Crippen molar-refractivity contribution >= 4 is 21.7 Å². The van der Waals surface area contributed by atoms with Crippen LogP contribution in [0.5, 0.6) is 0 Å². The zero-order valence-corrected chi connectivity index (χ0v) is 7.17. The lowest BCUT2D eigenvalue weighted by Crippen LogP contribution is -2.26. The normalized spacial score (nSPS) is 9.50. The quantitative estimate of drug-likeness (QED) is 0.548. The molecule has 54 valence electrons. The molecule has 0 bridgehead atoms. The van der Waals surface area contributed by atoms with Gasteiger partial charge in [0.1, 0.15) is 0 Å².